The van der Waals surface area contributed by atoms with Crippen LogP contribution in [0.15, 0.2) is 65.6 Å². The van der Waals surface area contributed by atoms with Crippen molar-refractivity contribution in [1.29, 1.82) is 0 Å². The van der Waals surface area contributed by atoms with E-state index in [9.17, 15) is 26.4 Å². The number of alkyl halides is 3. The lowest BCUT2D eigenvalue weighted by molar-refractivity contribution is -0.148. The van der Waals surface area contributed by atoms with Gasteiger partial charge in [-0.2, -0.15) is 13.2 Å². The summed E-state index contributed by atoms with van der Waals surface area (Å²) in [5, 5.41) is -0.0457. The minimum atomic E-state index is -4.60. The highest BCUT2D eigenvalue weighted by Crippen LogP contribution is 2.41. The van der Waals surface area contributed by atoms with Gasteiger partial charge >= 0.3 is 12.1 Å². The number of hydrogen-bond acceptors (Lipinski definition) is 6. The van der Waals surface area contributed by atoms with E-state index in [2.05, 4.69) is 4.90 Å². The van der Waals surface area contributed by atoms with E-state index in [-0.39, 0.29) is 46.7 Å². The summed E-state index contributed by atoms with van der Waals surface area (Å²) in [6.45, 7) is 7.18. The second kappa shape index (κ2) is 12.5. The van der Waals surface area contributed by atoms with Crippen LogP contribution in [-0.4, -0.2) is 64.2 Å². The maximum atomic E-state index is 14.1. The number of hydrogen-bond donors (Lipinski definition) is 0. The number of aryl methyl sites for hydroxylation is 1. The fourth-order valence-electron chi connectivity index (χ4n) is 5.66. The smallest absolute Gasteiger partial charge is 0.417 e. The zero-order valence-electron chi connectivity index (χ0n) is 24.5. The van der Waals surface area contributed by atoms with Gasteiger partial charge in [-0.1, -0.05) is 48.0 Å². The van der Waals surface area contributed by atoms with Gasteiger partial charge in [0.2, 0.25) is 0 Å². The lowest BCUT2D eigenvalue weighted by Gasteiger charge is -2.49. The van der Waals surface area contributed by atoms with Crippen molar-refractivity contribution in [2.24, 2.45) is 0 Å². The molecule has 0 saturated carbocycles. The number of carbonyl (C=O) groups excluding carboxylic acids is 1. The maximum absolute atomic E-state index is 14.1. The van der Waals surface area contributed by atoms with Crippen LogP contribution in [0.4, 0.5) is 24.5 Å². The quantitative estimate of drug-likeness (QED) is 0.216. The third-order valence-electron chi connectivity index (χ3n) is 7.62. The number of halogens is 4. The predicted molar refractivity (Wildman–Crippen MR) is 166 cm³/mol. The number of ether oxygens (including phenoxy) is 1. The van der Waals surface area contributed by atoms with Gasteiger partial charge in [-0.05, 0) is 68.3 Å². The Morgan fingerprint density at radius 1 is 1.02 bits per heavy atom. The molecule has 1 saturated heterocycles. The molecule has 0 aromatic heterocycles. The minimum Gasteiger partial charge on any atom is -0.462 e. The Kier molecular flexibility index (Phi) is 9.02. The van der Waals surface area contributed by atoms with E-state index in [4.69, 9.17) is 16.3 Å². The van der Waals surface area contributed by atoms with Crippen LogP contribution in [0, 0.1) is 6.92 Å². The van der Waals surface area contributed by atoms with Gasteiger partial charge in [0.25, 0.3) is 10.0 Å². The molecule has 0 unspecified atom stereocenters. The van der Waals surface area contributed by atoms with E-state index >= 15 is 0 Å². The normalized spacial score (nSPS) is 17.6. The van der Waals surface area contributed by atoms with Gasteiger partial charge in [-0.25, -0.2) is 8.42 Å². The first-order chi connectivity index (χ1) is 20.7. The molecule has 12 heteroatoms. The van der Waals surface area contributed by atoms with E-state index in [1.807, 2.05) is 17.9 Å². The highest BCUT2D eigenvalue weighted by molar-refractivity contribution is 7.92. The summed E-state index contributed by atoms with van der Waals surface area (Å²) in [4.78, 5) is 16.6. The summed E-state index contributed by atoms with van der Waals surface area (Å²) in [5.41, 5.74) is 1.38. The van der Waals surface area contributed by atoms with Crippen molar-refractivity contribution >= 4 is 51.1 Å². The fourth-order valence-corrected chi connectivity index (χ4v) is 7.51. The minimum absolute atomic E-state index is 0.0457. The summed E-state index contributed by atoms with van der Waals surface area (Å²) in [5.74, 6) is -0.336. The van der Waals surface area contributed by atoms with Crippen LogP contribution in [0.3, 0.4) is 0 Å². The van der Waals surface area contributed by atoms with Crippen molar-refractivity contribution in [3.05, 3.63) is 87.9 Å². The van der Waals surface area contributed by atoms with Crippen LogP contribution in [0.25, 0.3) is 12.2 Å². The Hall–Kier alpha value is -3.54. The first-order valence-corrected chi connectivity index (χ1v) is 16.0. The number of benzene rings is 3. The van der Waals surface area contributed by atoms with Gasteiger partial charge in [0.05, 0.1) is 47.1 Å². The molecule has 1 fully saturated rings. The molecule has 1 atom stereocenters. The Balaban J connectivity index is 1.53. The molecule has 44 heavy (non-hydrogen) atoms. The Morgan fingerprint density at radius 2 is 1.77 bits per heavy atom. The first kappa shape index (κ1) is 31.9. The summed E-state index contributed by atoms with van der Waals surface area (Å²) < 4.78 is 75.9. The molecule has 0 aliphatic carbocycles. The molecular weight excluding hydrogens is 615 g/mol. The van der Waals surface area contributed by atoms with Crippen LogP contribution < -0.4 is 9.21 Å². The zero-order valence-corrected chi connectivity index (χ0v) is 26.1. The maximum Gasteiger partial charge on any atom is 0.417 e. The molecule has 2 aliphatic heterocycles. The molecule has 0 spiro atoms. The van der Waals surface area contributed by atoms with Gasteiger partial charge < -0.3 is 9.64 Å². The molecule has 3 aromatic carbocycles. The number of sulfonamides is 1. The summed E-state index contributed by atoms with van der Waals surface area (Å²) in [7, 11) is -4.02. The third kappa shape index (κ3) is 6.74. The lowest BCUT2D eigenvalue weighted by Crippen LogP contribution is -2.61. The molecule has 234 valence electrons. The van der Waals surface area contributed by atoms with Crippen LogP contribution >= 0.6 is 11.6 Å². The van der Waals surface area contributed by atoms with Crippen molar-refractivity contribution < 1.29 is 31.1 Å². The third-order valence-corrected chi connectivity index (χ3v) is 9.72. The average Bonchev–Trinajstić information content (AvgIpc) is 2.94. The number of esters is 1. The molecule has 0 radical (unpaired) electrons. The van der Waals surface area contributed by atoms with Gasteiger partial charge in [-0.3, -0.25) is 14.0 Å². The van der Waals surface area contributed by atoms with E-state index < -0.39 is 21.8 Å². The summed E-state index contributed by atoms with van der Waals surface area (Å²) in [6, 6.07) is 15.2. The molecule has 2 heterocycles. The Labute approximate surface area is 260 Å². The number of carbonyl (C=O) groups is 1. The number of anilines is 2. The Morgan fingerprint density at radius 3 is 2.48 bits per heavy atom. The van der Waals surface area contributed by atoms with E-state index in [1.54, 1.807) is 50.2 Å². The number of rotatable bonds is 7. The van der Waals surface area contributed by atoms with Gasteiger partial charge in [-0.15, -0.1) is 0 Å². The van der Waals surface area contributed by atoms with Crippen LogP contribution in [0.2, 0.25) is 5.02 Å². The molecule has 0 amide bonds. The van der Waals surface area contributed by atoms with Crippen molar-refractivity contribution in [1.82, 2.24) is 4.90 Å². The van der Waals surface area contributed by atoms with E-state index in [0.717, 1.165) is 11.6 Å². The first-order valence-electron chi connectivity index (χ1n) is 14.2. The molecule has 7 nitrogen and oxygen atoms in total. The monoisotopic (exact) mass is 647 g/mol. The van der Waals surface area contributed by atoms with Crippen LogP contribution in [0.5, 0.6) is 0 Å². The summed E-state index contributed by atoms with van der Waals surface area (Å²) >= 11 is 6.15. The molecule has 0 bridgehead atoms. The van der Waals surface area contributed by atoms with Gasteiger partial charge in [0.15, 0.2) is 0 Å². The topological polar surface area (TPSA) is 70.2 Å². The predicted octanol–water partition coefficient (Wildman–Crippen LogP) is 6.49. The van der Waals surface area contributed by atoms with Gasteiger partial charge in [0, 0.05) is 30.2 Å². The molecule has 5 rings (SSSR count). The molecule has 2 aliphatic rings. The average molecular weight is 648 g/mol. The number of nitrogens with zero attached hydrogens (tertiary/aromatic N) is 3. The van der Waals surface area contributed by atoms with E-state index in [1.165, 1.54) is 28.6 Å². The van der Waals surface area contributed by atoms with Crippen molar-refractivity contribution in [3.63, 3.8) is 0 Å². The highest BCUT2D eigenvalue weighted by Gasteiger charge is 2.40. The second-order valence-corrected chi connectivity index (χ2v) is 13.5. The molecule has 0 N–H and O–H groups in total. The van der Waals surface area contributed by atoms with Crippen LogP contribution in [-0.2, 0) is 25.7 Å². The fraction of sp³-hybridized carbons (Fsp3) is 0.344. The zero-order chi connectivity index (χ0) is 31.8. The molecule has 3 aromatic rings. The van der Waals surface area contributed by atoms with Crippen molar-refractivity contribution in [3.8, 4) is 0 Å². The van der Waals surface area contributed by atoms with Gasteiger partial charge in [0.1, 0.15) is 0 Å². The van der Waals surface area contributed by atoms with E-state index in [0.29, 0.717) is 36.6 Å². The highest BCUT2D eigenvalue weighted by atomic mass is 35.5. The second-order valence-electron chi connectivity index (χ2n) is 11.3. The number of piperazine rings is 1. The van der Waals surface area contributed by atoms with Crippen molar-refractivity contribution in [2.45, 2.75) is 44.0 Å². The Bertz CT molecular complexity index is 1690. The standard InChI is InChI=1S/C32H33ClF3N3O4S/c1-21(2)43-31(40)20-37-14-15-38-24(18-37)19-39(44(41,42)25-7-4-6-22(3)16-25)30-17-23(11-13-29(30)38)10-12-26-27(32(34,35)36)8-5-9-28(26)33/h4-13,16-17,21,24H,14-15,18-20H2,1-3H3/b12-10+/t24-/m0/s1. The SMILES string of the molecule is Cc1cccc(S(=O)(=O)N2C[C@@H]3CN(CC(=O)OC(C)C)CCN3c3ccc(/C=C/c4c(Cl)cccc4C(F)(F)F)cc32)c1. The largest absolute Gasteiger partial charge is 0.462 e. The lowest BCUT2D eigenvalue weighted by atomic mass is 10.0. The summed E-state index contributed by atoms with van der Waals surface area (Å²) in [6.07, 6.45) is -2.03. The van der Waals surface area contributed by atoms with Crippen LogP contribution in [0.1, 0.15) is 36.1 Å². The molecular formula is C32H33ClF3N3O4S. The van der Waals surface area contributed by atoms with Crippen molar-refractivity contribution in [2.75, 3.05) is 41.9 Å². The number of fused-ring (bicyclic) bond motifs is 3.